The monoisotopic (exact) mass is 336 g/mol. The molecule has 3 heterocycles. The highest BCUT2D eigenvalue weighted by Gasteiger charge is 2.42. The number of nitrogens with zero attached hydrogens (tertiary/aromatic N) is 4. The number of rotatable bonds is 5. The van der Waals surface area contributed by atoms with Crippen LogP contribution >= 0.6 is 0 Å². The van der Waals surface area contributed by atoms with E-state index in [-0.39, 0.29) is 17.2 Å². The van der Waals surface area contributed by atoms with Crippen molar-refractivity contribution in [2.45, 2.75) is 30.0 Å². The second-order valence-electron chi connectivity index (χ2n) is 5.68. The Kier molecular flexibility index (Phi) is 4.47. The molecule has 0 aliphatic carbocycles. The minimum atomic E-state index is -3.62. The number of pyridine rings is 1. The summed E-state index contributed by atoms with van der Waals surface area (Å²) in [4.78, 5) is 8.01. The maximum atomic E-state index is 12.9. The first-order valence-corrected chi connectivity index (χ1v) is 8.88. The number of ether oxygens (including phenoxy) is 1. The summed E-state index contributed by atoms with van der Waals surface area (Å²) in [5, 5.41) is 0.0801. The molecule has 124 valence electrons. The molecule has 0 bridgehead atoms. The number of methoxy groups -OCH3 is 1. The van der Waals surface area contributed by atoms with Crippen molar-refractivity contribution < 1.29 is 13.2 Å². The predicted octanol–water partition coefficient (Wildman–Crippen LogP) is 0.836. The Morgan fingerprint density at radius 1 is 1.35 bits per heavy atom. The van der Waals surface area contributed by atoms with Crippen molar-refractivity contribution >= 4 is 10.0 Å². The zero-order valence-electron chi connectivity index (χ0n) is 13.2. The minimum absolute atomic E-state index is 0.0801. The number of hydrogen-bond donors (Lipinski definition) is 0. The molecule has 7 nitrogen and oxygen atoms in total. The highest BCUT2D eigenvalue weighted by molar-refractivity contribution is 7.89. The molecule has 2 atom stereocenters. The Morgan fingerprint density at radius 3 is 2.70 bits per heavy atom. The normalized spacial score (nSPS) is 22.5. The maximum absolute atomic E-state index is 12.9. The van der Waals surface area contributed by atoms with Crippen LogP contribution in [0.5, 0.6) is 0 Å². The van der Waals surface area contributed by atoms with Crippen LogP contribution in [0.3, 0.4) is 0 Å². The van der Waals surface area contributed by atoms with E-state index in [0.29, 0.717) is 19.4 Å². The number of aryl methyl sites for hydroxylation is 1. The van der Waals surface area contributed by atoms with E-state index in [1.807, 2.05) is 12.1 Å². The standard InChI is InChI=1S/C15H20N4O3S/c1-18-10-15(17-11-18)23(20,21)19-8-5-14(22-2)13(19)9-12-3-6-16-7-4-12/h3-4,6-7,10-11,13-14H,5,8-9H2,1-2H3/t13-,14-/m1/s1. The average Bonchev–Trinajstić information content (AvgIpc) is 3.15. The van der Waals surface area contributed by atoms with Crippen LogP contribution in [-0.4, -0.2) is 53.1 Å². The van der Waals surface area contributed by atoms with Crippen LogP contribution in [0.1, 0.15) is 12.0 Å². The second kappa shape index (κ2) is 6.38. The van der Waals surface area contributed by atoms with Gasteiger partial charge >= 0.3 is 0 Å². The summed E-state index contributed by atoms with van der Waals surface area (Å²) in [5.74, 6) is 0. The quantitative estimate of drug-likeness (QED) is 0.808. The fraction of sp³-hybridized carbons (Fsp3) is 0.467. The lowest BCUT2D eigenvalue weighted by molar-refractivity contribution is 0.0809. The summed E-state index contributed by atoms with van der Waals surface area (Å²) >= 11 is 0. The zero-order chi connectivity index (χ0) is 16.4. The maximum Gasteiger partial charge on any atom is 0.262 e. The van der Waals surface area contributed by atoms with E-state index in [0.717, 1.165) is 5.56 Å². The third-order valence-electron chi connectivity index (χ3n) is 4.18. The Hall–Kier alpha value is -1.77. The molecular formula is C15H20N4O3S. The van der Waals surface area contributed by atoms with Crippen LogP contribution in [0.2, 0.25) is 0 Å². The lowest BCUT2D eigenvalue weighted by atomic mass is 10.0. The molecule has 0 radical (unpaired) electrons. The summed E-state index contributed by atoms with van der Waals surface area (Å²) in [6, 6.07) is 3.56. The molecule has 1 aliphatic rings. The summed E-state index contributed by atoms with van der Waals surface area (Å²) in [6.45, 7) is 0.438. The summed E-state index contributed by atoms with van der Waals surface area (Å²) in [7, 11) is -0.246. The smallest absolute Gasteiger partial charge is 0.262 e. The molecule has 2 aromatic heterocycles. The van der Waals surface area contributed by atoms with Gasteiger partial charge in [0, 0.05) is 39.3 Å². The van der Waals surface area contributed by atoms with E-state index in [4.69, 9.17) is 4.74 Å². The van der Waals surface area contributed by atoms with Crippen LogP contribution < -0.4 is 0 Å². The molecule has 0 spiro atoms. The Bertz CT molecular complexity index is 760. The van der Waals surface area contributed by atoms with E-state index < -0.39 is 10.0 Å². The van der Waals surface area contributed by atoms with E-state index in [9.17, 15) is 8.42 Å². The van der Waals surface area contributed by atoms with Crippen molar-refractivity contribution in [1.82, 2.24) is 18.8 Å². The molecule has 1 aliphatic heterocycles. The van der Waals surface area contributed by atoms with Gasteiger partial charge in [-0.15, -0.1) is 0 Å². The molecule has 0 N–H and O–H groups in total. The Balaban J connectivity index is 1.90. The van der Waals surface area contributed by atoms with Crippen molar-refractivity contribution in [1.29, 1.82) is 0 Å². The molecule has 0 aromatic carbocycles. The van der Waals surface area contributed by atoms with Crippen molar-refractivity contribution in [3.8, 4) is 0 Å². The van der Waals surface area contributed by atoms with Gasteiger partial charge in [0.05, 0.1) is 18.5 Å². The van der Waals surface area contributed by atoms with Gasteiger partial charge in [0.1, 0.15) is 0 Å². The third kappa shape index (κ3) is 3.15. The van der Waals surface area contributed by atoms with Crippen LogP contribution in [-0.2, 0) is 28.2 Å². The highest BCUT2D eigenvalue weighted by atomic mass is 32.2. The van der Waals surface area contributed by atoms with Crippen molar-refractivity contribution in [3.63, 3.8) is 0 Å². The first-order valence-electron chi connectivity index (χ1n) is 7.44. The van der Waals surface area contributed by atoms with E-state index in [1.54, 1.807) is 31.1 Å². The van der Waals surface area contributed by atoms with E-state index in [2.05, 4.69) is 9.97 Å². The molecule has 23 heavy (non-hydrogen) atoms. The topological polar surface area (TPSA) is 77.3 Å². The van der Waals surface area contributed by atoms with Gasteiger partial charge in [-0.3, -0.25) is 4.98 Å². The molecular weight excluding hydrogens is 316 g/mol. The van der Waals surface area contributed by atoms with Crippen molar-refractivity contribution in [2.75, 3.05) is 13.7 Å². The van der Waals surface area contributed by atoms with Gasteiger partial charge in [0.15, 0.2) is 5.03 Å². The molecule has 0 amide bonds. The van der Waals surface area contributed by atoms with Crippen LogP contribution in [0.4, 0.5) is 0 Å². The van der Waals surface area contributed by atoms with Crippen molar-refractivity contribution in [2.24, 2.45) is 7.05 Å². The Morgan fingerprint density at radius 2 is 2.09 bits per heavy atom. The molecule has 0 unspecified atom stereocenters. The predicted molar refractivity (Wildman–Crippen MR) is 84.2 cm³/mol. The van der Waals surface area contributed by atoms with Crippen LogP contribution in [0, 0.1) is 0 Å². The van der Waals surface area contributed by atoms with Gasteiger partial charge in [-0.25, -0.2) is 13.4 Å². The summed E-state index contributed by atoms with van der Waals surface area (Å²) in [6.07, 6.45) is 7.59. The summed E-state index contributed by atoms with van der Waals surface area (Å²) in [5.41, 5.74) is 1.04. The minimum Gasteiger partial charge on any atom is -0.380 e. The number of sulfonamides is 1. The van der Waals surface area contributed by atoms with E-state index >= 15 is 0 Å². The largest absolute Gasteiger partial charge is 0.380 e. The zero-order valence-corrected chi connectivity index (χ0v) is 14.0. The first kappa shape index (κ1) is 16.1. The lowest BCUT2D eigenvalue weighted by Gasteiger charge is -2.26. The van der Waals surface area contributed by atoms with Gasteiger partial charge in [0.25, 0.3) is 10.0 Å². The fourth-order valence-electron chi connectivity index (χ4n) is 3.01. The van der Waals surface area contributed by atoms with E-state index in [1.165, 1.54) is 16.8 Å². The summed E-state index contributed by atoms with van der Waals surface area (Å²) < 4.78 is 34.5. The van der Waals surface area contributed by atoms with Gasteiger partial charge < -0.3 is 9.30 Å². The fourth-order valence-corrected chi connectivity index (χ4v) is 4.64. The van der Waals surface area contributed by atoms with Crippen LogP contribution in [0.15, 0.2) is 42.1 Å². The average molecular weight is 336 g/mol. The highest BCUT2D eigenvalue weighted by Crippen LogP contribution is 2.29. The van der Waals surface area contributed by atoms with Gasteiger partial charge in [0.2, 0.25) is 0 Å². The molecule has 2 aromatic rings. The van der Waals surface area contributed by atoms with Crippen molar-refractivity contribution in [3.05, 3.63) is 42.6 Å². The second-order valence-corrected chi connectivity index (χ2v) is 7.52. The molecule has 1 fully saturated rings. The molecule has 0 saturated carbocycles. The third-order valence-corrected chi connectivity index (χ3v) is 5.99. The SMILES string of the molecule is CO[C@@H]1CCN(S(=O)(=O)c2cn(C)cn2)[C@@H]1Cc1ccncc1. The van der Waals surface area contributed by atoms with Crippen LogP contribution in [0.25, 0.3) is 0 Å². The number of hydrogen-bond acceptors (Lipinski definition) is 5. The molecule has 8 heteroatoms. The number of imidazole rings is 1. The number of aromatic nitrogens is 3. The molecule has 1 saturated heterocycles. The first-order chi connectivity index (χ1) is 11.0. The lowest BCUT2D eigenvalue weighted by Crippen LogP contribution is -2.41. The van der Waals surface area contributed by atoms with Gasteiger partial charge in [-0.1, -0.05) is 0 Å². The molecule has 3 rings (SSSR count). The van der Waals surface area contributed by atoms with Gasteiger partial charge in [-0.05, 0) is 30.5 Å². The Labute approximate surface area is 136 Å². The van der Waals surface area contributed by atoms with Gasteiger partial charge in [-0.2, -0.15) is 4.31 Å².